The Morgan fingerprint density at radius 3 is 2.74 bits per heavy atom. The van der Waals surface area contributed by atoms with Gasteiger partial charge in [0.1, 0.15) is 17.6 Å². The number of ether oxygens (including phenoxy) is 3. The van der Waals surface area contributed by atoms with E-state index in [0.29, 0.717) is 0 Å². The smallest absolute Gasteiger partial charge is 0.461 e. The number of aromatic nitrogens is 2. The van der Waals surface area contributed by atoms with Crippen molar-refractivity contribution in [1.82, 2.24) is 14.9 Å². The average molecular weight is 516 g/mol. The molecule has 0 saturated carbocycles. The van der Waals surface area contributed by atoms with E-state index in [4.69, 9.17) is 23.0 Å². The number of phosphoric acid groups is 1. The lowest BCUT2D eigenvalue weighted by Gasteiger charge is -2.34. The predicted molar refractivity (Wildman–Crippen MR) is 114 cm³/mol. The Balaban J connectivity index is 1.79. The van der Waals surface area contributed by atoms with Crippen LogP contribution in [0.15, 0.2) is 21.9 Å². The number of rotatable bonds is 7. The summed E-state index contributed by atoms with van der Waals surface area (Å²) in [6.07, 6.45) is -3.60. The van der Waals surface area contributed by atoms with Crippen molar-refractivity contribution < 1.29 is 41.9 Å². The molecule has 0 radical (unpaired) electrons. The number of nitrogens with one attached hydrogen (secondary N) is 2. The van der Waals surface area contributed by atoms with Gasteiger partial charge < -0.3 is 19.5 Å². The Morgan fingerprint density at radius 2 is 2.14 bits per heavy atom. The number of fused-ring (bicyclic) bond motifs is 1. The van der Waals surface area contributed by atoms with E-state index in [2.05, 4.69) is 15.0 Å². The quantitative estimate of drug-likeness (QED) is 0.369. The second-order valence-corrected chi connectivity index (χ2v) is 9.80. The second kappa shape index (κ2) is 10.3. The van der Waals surface area contributed by atoms with Crippen LogP contribution < -0.4 is 16.6 Å². The maximum absolute atomic E-state index is 13.2. The van der Waals surface area contributed by atoms with Crippen molar-refractivity contribution in [1.29, 1.82) is 5.26 Å². The first-order valence-corrected chi connectivity index (χ1v) is 11.9. The summed E-state index contributed by atoms with van der Waals surface area (Å²) in [5.41, 5.74) is -3.01. The fraction of sp³-hybridized carbons (Fsp3) is 0.632. The number of phosphoric ester groups is 1. The van der Waals surface area contributed by atoms with Gasteiger partial charge in [0.05, 0.1) is 32.5 Å². The first kappa shape index (κ1) is 26.6. The summed E-state index contributed by atoms with van der Waals surface area (Å²) < 4.78 is 45.6. The normalized spacial score (nSPS) is 30.7. The predicted octanol–water partition coefficient (Wildman–Crippen LogP) is 0.180. The van der Waals surface area contributed by atoms with Gasteiger partial charge in [0.25, 0.3) is 5.56 Å². The average Bonchev–Trinajstić information content (AvgIpc) is 3.08. The summed E-state index contributed by atoms with van der Waals surface area (Å²) in [6.45, 7) is 3.62. The zero-order chi connectivity index (χ0) is 26.0. The monoisotopic (exact) mass is 516 g/mol. The zero-order valence-corrected chi connectivity index (χ0v) is 20.2. The van der Waals surface area contributed by atoms with Crippen molar-refractivity contribution in [3.63, 3.8) is 0 Å². The molecule has 16 heteroatoms. The lowest BCUT2D eigenvalue weighted by Crippen LogP contribution is -2.46. The molecule has 1 amide bonds. The Kier molecular flexibility index (Phi) is 7.83. The van der Waals surface area contributed by atoms with Crippen LogP contribution in [0, 0.1) is 16.7 Å². The van der Waals surface area contributed by atoms with E-state index in [0.717, 1.165) is 17.7 Å². The molecule has 3 heterocycles. The number of carbonyl (C=O) groups excluding carboxylic acids is 2. The van der Waals surface area contributed by atoms with E-state index in [1.54, 1.807) is 13.8 Å². The van der Waals surface area contributed by atoms with Crippen LogP contribution in [0.4, 0.5) is 4.79 Å². The maximum Gasteiger partial charge on any atom is 0.475 e. The molecule has 0 aliphatic carbocycles. The summed E-state index contributed by atoms with van der Waals surface area (Å²) >= 11 is 0. The summed E-state index contributed by atoms with van der Waals surface area (Å²) in [5, 5.41) is 12.1. The SMILES string of the molecule is COC(=O)N[C@H](CO[P@@]1(=O)OC[C@H]2O[C@@H](n3ccc(=O)[nH]c3=O)[C@](C)(C#N)[C@@H]2O1)C(=O)OC(C)C. The molecule has 2 saturated heterocycles. The maximum atomic E-state index is 13.2. The van der Waals surface area contributed by atoms with Crippen LogP contribution in [-0.4, -0.2) is 66.3 Å². The number of hydrogen-bond acceptors (Lipinski definition) is 12. The number of alkyl carbamates (subject to hydrolysis) is 1. The molecule has 1 aromatic heterocycles. The number of H-pyrrole nitrogens is 1. The van der Waals surface area contributed by atoms with Gasteiger partial charge in [0.15, 0.2) is 12.3 Å². The molecule has 2 aliphatic rings. The van der Waals surface area contributed by atoms with Gasteiger partial charge in [0.2, 0.25) is 0 Å². The lowest BCUT2D eigenvalue weighted by atomic mass is 9.84. The molecule has 1 aromatic rings. The van der Waals surface area contributed by atoms with Crippen molar-refractivity contribution >= 4 is 19.9 Å². The van der Waals surface area contributed by atoms with Crippen molar-refractivity contribution in [3.05, 3.63) is 33.1 Å². The third kappa shape index (κ3) is 5.63. The van der Waals surface area contributed by atoms with Gasteiger partial charge in [-0.15, -0.1) is 0 Å². The molecule has 2 N–H and O–H groups in total. The fourth-order valence-corrected chi connectivity index (χ4v) is 5.04. The largest absolute Gasteiger partial charge is 0.475 e. The van der Waals surface area contributed by atoms with Gasteiger partial charge in [-0.1, -0.05) is 0 Å². The van der Waals surface area contributed by atoms with Crippen LogP contribution in [-0.2, 0) is 37.1 Å². The number of aromatic amines is 1. The van der Waals surface area contributed by atoms with E-state index in [1.165, 1.54) is 13.1 Å². The highest BCUT2D eigenvalue weighted by Crippen LogP contribution is 2.60. The van der Waals surface area contributed by atoms with Crippen LogP contribution in [0.25, 0.3) is 0 Å². The highest BCUT2D eigenvalue weighted by atomic mass is 31.2. The van der Waals surface area contributed by atoms with E-state index in [1.807, 2.05) is 6.07 Å². The molecule has 15 nitrogen and oxygen atoms in total. The van der Waals surface area contributed by atoms with Gasteiger partial charge in [-0.2, -0.15) is 5.26 Å². The summed E-state index contributed by atoms with van der Waals surface area (Å²) in [4.78, 5) is 49.7. The molecule has 0 bridgehead atoms. The molecule has 0 aromatic carbocycles. The topological polar surface area (TPSA) is 197 Å². The van der Waals surface area contributed by atoms with Crippen LogP contribution in [0.5, 0.6) is 0 Å². The second-order valence-electron chi connectivity index (χ2n) is 8.18. The summed E-state index contributed by atoms with van der Waals surface area (Å²) in [7, 11) is -3.28. The Bertz CT molecular complexity index is 1170. The third-order valence-corrected chi connectivity index (χ3v) is 6.66. The van der Waals surface area contributed by atoms with Crippen LogP contribution in [0.1, 0.15) is 27.0 Å². The minimum Gasteiger partial charge on any atom is -0.461 e. The van der Waals surface area contributed by atoms with Crippen LogP contribution in [0.2, 0.25) is 0 Å². The summed E-state index contributed by atoms with van der Waals surface area (Å²) in [5.74, 6) is -0.879. The minimum atomic E-state index is -4.37. The fourth-order valence-electron chi connectivity index (χ4n) is 3.55. The van der Waals surface area contributed by atoms with Crippen molar-refractivity contribution in [2.24, 2.45) is 5.41 Å². The number of esters is 1. The molecule has 6 atom stereocenters. The van der Waals surface area contributed by atoms with E-state index in [9.17, 15) is 29.0 Å². The Hall–Kier alpha value is -3.02. The molecule has 192 valence electrons. The number of methoxy groups -OCH3 is 1. The molecule has 3 rings (SSSR count). The Morgan fingerprint density at radius 1 is 1.43 bits per heavy atom. The molecule has 35 heavy (non-hydrogen) atoms. The van der Waals surface area contributed by atoms with Crippen LogP contribution in [0.3, 0.4) is 0 Å². The number of hydrogen-bond donors (Lipinski definition) is 2. The molecular formula is C19H25N4O11P. The highest BCUT2D eigenvalue weighted by Gasteiger charge is 2.61. The van der Waals surface area contributed by atoms with Gasteiger partial charge in [-0.25, -0.2) is 18.9 Å². The summed E-state index contributed by atoms with van der Waals surface area (Å²) in [6, 6.07) is 1.70. The van der Waals surface area contributed by atoms with Crippen LogP contribution >= 0.6 is 7.82 Å². The van der Waals surface area contributed by atoms with E-state index < -0.39 is 73.7 Å². The molecule has 2 fully saturated rings. The Labute approximate surface area is 198 Å². The molecule has 0 unspecified atom stereocenters. The van der Waals surface area contributed by atoms with Crippen molar-refractivity contribution in [2.45, 2.75) is 51.4 Å². The third-order valence-electron chi connectivity index (χ3n) is 5.24. The zero-order valence-electron chi connectivity index (χ0n) is 19.3. The van der Waals surface area contributed by atoms with Gasteiger partial charge in [-0.3, -0.25) is 27.9 Å². The minimum absolute atomic E-state index is 0.334. The van der Waals surface area contributed by atoms with E-state index in [-0.39, 0.29) is 6.61 Å². The van der Waals surface area contributed by atoms with Crippen molar-refractivity contribution in [3.8, 4) is 6.07 Å². The van der Waals surface area contributed by atoms with Gasteiger partial charge in [-0.05, 0) is 20.8 Å². The number of nitriles is 1. The number of amides is 1. The highest BCUT2D eigenvalue weighted by molar-refractivity contribution is 7.48. The number of nitrogens with zero attached hydrogens (tertiary/aromatic N) is 2. The van der Waals surface area contributed by atoms with Gasteiger partial charge in [0, 0.05) is 12.3 Å². The lowest BCUT2D eigenvalue weighted by molar-refractivity contribution is -0.150. The van der Waals surface area contributed by atoms with Gasteiger partial charge >= 0.3 is 25.6 Å². The van der Waals surface area contributed by atoms with E-state index >= 15 is 0 Å². The van der Waals surface area contributed by atoms with Crippen molar-refractivity contribution in [2.75, 3.05) is 20.3 Å². The molecule has 0 spiro atoms. The first-order valence-electron chi connectivity index (χ1n) is 10.4. The first-order chi connectivity index (χ1) is 16.4. The number of carbonyl (C=O) groups is 2. The molecule has 2 aliphatic heterocycles. The molecular weight excluding hydrogens is 491 g/mol. The standard InChI is InChI=1S/C19H25N4O11P/c1-10(2)32-15(25)11(21-18(27)29-4)7-30-35(28)31-8-12-14(34-35)19(3,9-20)16(33-12)23-6-5-13(24)22-17(23)26/h5-6,10-12,14,16H,7-8H2,1-4H3,(H,21,27)(H,22,24,26)/t11-,12-,14-,16-,19-,35+/m1/s1.